The van der Waals surface area contributed by atoms with E-state index in [4.69, 9.17) is 14.5 Å². The number of carbonyl (C=O) groups excluding carboxylic acids is 1. The number of aryl methyl sites for hydroxylation is 2. The quantitative estimate of drug-likeness (QED) is 0.261. The van der Waals surface area contributed by atoms with Crippen molar-refractivity contribution in [3.05, 3.63) is 23.4 Å². The van der Waals surface area contributed by atoms with Gasteiger partial charge in [-0.3, -0.25) is 0 Å². The van der Waals surface area contributed by atoms with Crippen LogP contribution in [0.1, 0.15) is 57.2 Å². The fraction of sp³-hybridized carbons (Fsp3) is 0.731. The molecule has 1 atom stereocenters. The Bertz CT molecular complexity index is 856. The van der Waals surface area contributed by atoms with Gasteiger partial charge in [0.2, 0.25) is 6.43 Å². The molecule has 0 spiro atoms. The summed E-state index contributed by atoms with van der Waals surface area (Å²) in [5, 5.41) is 15.3. The highest BCUT2D eigenvalue weighted by Crippen LogP contribution is 2.25. The van der Waals surface area contributed by atoms with Crippen LogP contribution in [0, 0.1) is 5.41 Å². The van der Waals surface area contributed by atoms with Gasteiger partial charge in [-0.05, 0) is 56.7 Å². The number of carboxylic acids is 1. The second-order valence-corrected chi connectivity index (χ2v) is 10.3. The molecule has 0 radical (unpaired) electrons. The number of halogens is 2. The third kappa shape index (κ3) is 12.0. The van der Waals surface area contributed by atoms with Gasteiger partial charge in [0, 0.05) is 44.3 Å². The number of unbranched alkanes of at least 4 members (excludes halogenated alkanes) is 1. The highest BCUT2D eigenvalue weighted by molar-refractivity contribution is 5.79. The van der Waals surface area contributed by atoms with Crippen LogP contribution in [0.15, 0.2) is 12.1 Å². The maximum absolute atomic E-state index is 12.6. The fourth-order valence-corrected chi connectivity index (χ4v) is 4.20. The molecular weight excluding hydrogens is 486 g/mol. The molecule has 1 amide bonds. The molecule has 1 aromatic heterocycles. The number of pyridine rings is 1. The van der Waals surface area contributed by atoms with Crippen LogP contribution in [0.3, 0.4) is 0 Å². The lowest BCUT2D eigenvalue weighted by Gasteiger charge is -2.25. The summed E-state index contributed by atoms with van der Waals surface area (Å²) in [5.41, 5.74) is 1.41. The summed E-state index contributed by atoms with van der Waals surface area (Å²) in [6.45, 7) is 6.19. The van der Waals surface area contributed by atoms with Crippen molar-refractivity contribution in [1.82, 2.24) is 15.2 Å². The highest BCUT2D eigenvalue weighted by Gasteiger charge is 2.27. The van der Waals surface area contributed by atoms with E-state index < -0.39 is 36.4 Å². The Balaban J connectivity index is 1.78. The van der Waals surface area contributed by atoms with Crippen LogP contribution < -0.4 is 10.6 Å². The molecule has 37 heavy (non-hydrogen) atoms. The summed E-state index contributed by atoms with van der Waals surface area (Å²) in [5.74, 6) is -0.184. The van der Waals surface area contributed by atoms with Gasteiger partial charge in [0.25, 0.3) is 0 Å². The van der Waals surface area contributed by atoms with E-state index in [1.807, 2.05) is 0 Å². The van der Waals surface area contributed by atoms with Crippen molar-refractivity contribution in [3.63, 3.8) is 0 Å². The van der Waals surface area contributed by atoms with Crippen LogP contribution in [0.5, 0.6) is 0 Å². The van der Waals surface area contributed by atoms with E-state index >= 15 is 0 Å². The number of alkyl halides is 2. The summed E-state index contributed by atoms with van der Waals surface area (Å²) in [6.07, 6.45) is 1.21. The van der Waals surface area contributed by atoms with Crippen molar-refractivity contribution in [3.8, 4) is 0 Å². The first-order valence-electron chi connectivity index (χ1n) is 13.0. The monoisotopic (exact) mass is 528 g/mol. The van der Waals surface area contributed by atoms with E-state index in [2.05, 4.69) is 27.7 Å². The Kier molecular flexibility index (Phi) is 13.0. The van der Waals surface area contributed by atoms with Crippen molar-refractivity contribution >= 4 is 17.9 Å². The number of rotatable bonds is 17. The summed E-state index contributed by atoms with van der Waals surface area (Å²) >= 11 is 0. The van der Waals surface area contributed by atoms with Crippen LogP contribution in [0.2, 0.25) is 0 Å². The third-order valence-electron chi connectivity index (χ3n) is 6.35. The first-order chi connectivity index (χ1) is 17.6. The average molecular weight is 529 g/mol. The number of carbonyl (C=O) groups is 2. The lowest BCUT2D eigenvalue weighted by Crippen LogP contribution is -2.44. The second-order valence-electron chi connectivity index (χ2n) is 10.3. The molecule has 2 rings (SSSR count). The zero-order chi connectivity index (χ0) is 27.3. The van der Waals surface area contributed by atoms with Gasteiger partial charge in [0.1, 0.15) is 11.9 Å². The Morgan fingerprint density at radius 2 is 2.03 bits per heavy atom. The third-order valence-corrected chi connectivity index (χ3v) is 6.35. The molecule has 1 aromatic rings. The molecule has 1 aliphatic rings. The zero-order valence-corrected chi connectivity index (χ0v) is 22.2. The second kappa shape index (κ2) is 15.7. The van der Waals surface area contributed by atoms with E-state index in [0.717, 1.165) is 56.7 Å². The molecule has 11 heteroatoms. The number of alkyl carbamates (subject to hydrolysis) is 1. The minimum Gasteiger partial charge on any atom is -0.480 e. The number of fused-ring (bicyclic) bond motifs is 1. The molecule has 3 N–H and O–H groups in total. The molecule has 0 unspecified atom stereocenters. The van der Waals surface area contributed by atoms with Crippen LogP contribution in [0.4, 0.5) is 19.4 Å². The lowest BCUT2D eigenvalue weighted by atomic mass is 9.91. The number of anilines is 1. The van der Waals surface area contributed by atoms with E-state index in [1.54, 1.807) is 21.0 Å². The molecule has 0 aromatic carbocycles. The predicted octanol–water partition coefficient (Wildman–Crippen LogP) is 3.96. The smallest absolute Gasteiger partial charge is 0.407 e. The number of hydrogen-bond donors (Lipinski definition) is 3. The summed E-state index contributed by atoms with van der Waals surface area (Å²) in [4.78, 5) is 30.7. The lowest BCUT2D eigenvalue weighted by molar-refractivity contribution is -0.139. The molecule has 0 aliphatic carbocycles. The van der Waals surface area contributed by atoms with Crippen molar-refractivity contribution in [2.45, 2.75) is 71.3 Å². The Morgan fingerprint density at radius 3 is 2.73 bits per heavy atom. The number of hydrogen-bond acceptors (Lipinski definition) is 7. The first-order valence-corrected chi connectivity index (χ1v) is 13.0. The van der Waals surface area contributed by atoms with E-state index in [1.165, 1.54) is 5.56 Å². The Morgan fingerprint density at radius 1 is 1.24 bits per heavy atom. The maximum Gasteiger partial charge on any atom is 0.407 e. The topological polar surface area (TPSA) is 113 Å². The van der Waals surface area contributed by atoms with Gasteiger partial charge in [-0.2, -0.15) is 0 Å². The predicted molar refractivity (Wildman–Crippen MR) is 137 cm³/mol. The number of aliphatic carboxylic acids is 1. The minimum absolute atomic E-state index is 0.173. The number of carboxylic acid groups (broad SMARTS) is 1. The van der Waals surface area contributed by atoms with Gasteiger partial charge >= 0.3 is 12.1 Å². The van der Waals surface area contributed by atoms with Crippen molar-refractivity contribution in [1.29, 1.82) is 0 Å². The summed E-state index contributed by atoms with van der Waals surface area (Å²) < 4.78 is 35.5. The number of aromatic nitrogens is 1. The molecule has 0 fully saturated rings. The number of ether oxygens (including phenoxy) is 2. The molecule has 2 heterocycles. The fourth-order valence-electron chi connectivity index (χ4n) is 4.20. The van der Waals surface area contributed by atoms with Crippen LogP contribution in [0.25, 0.3) is 0 Å². The molecule has 9 nitrogen and oxygen atoms in total. The van der Waals surface area contributed by atoms with Gasteiger partial charge in [0.05, 0.1) is 13.2 Å². The van der Waals surface area contributed by atoms with E-state index in [0.29, 0.717) is 19.7 Å². The highest BCUT2D eigenvalue weighted by atomic mass is 19.3. The maximum atomic E-state index is 12.6. The molecule has 210 valence electrons. The van der Waals surface area contributed by atoms with Crippen molar-refractivity contribution in [2.75, 3.05) is 51.8 Å². The van der Waals surface area contributed by atoms with Crippen LogP contribution in [-0.4, -0.2) is 86.0 Å². The van der Waals surface area contributed by atoms with Gasteiger partial charge < -0.3 is 30.1 Å². The Labute approximate surface area is 218 Å². The van der Waals surface area contributed by atoms with Gasteiger partial charge in [-0.15, -0.1) is 0 Å². The normalized spacial score (nSPS) is 14.2. The Hall–Kier alpha value is -2.53. The van der Waals surface area contributed by atoms with Gasteiger partial charge in [0.15, 0.2) is 0 Å². The standard InChI is InChI=1S/C26H42F2N4O5/c1-26(2,17-22(27)28)18-37-25(35)31-21(24(33)34)11-14-32(15-16-36-3)13-5-4-8-20-10-9-19-7-6-12-29-23(19)30-20/h9-10,21-22H,4-8,11-18H2,1-3H3,(H,29,30)(H,31,35)(H,33,34)/t21-/m0/s1. The first kappa shape index (κ1) is 30.7. The van der Waals surface area contributed by atoms with Crippen LogP contribution >= 0.6 is 0 Å². The zero-order valence-electron chi connectivity index (χ0n) is 22.2. The minimum atomic E-state index is -2.52. The van der Waals surface area contributed by atoms with Crippen LogP contribution in [-0.2, 0) is 27.1 Å². The van der Waals surface area contributed by atoms with E-state index in [9.17, 15) is 23.5 Å². The molecule has 0 saturated heterocycles. The SMILES string of the molecule is COCCN(CCCCc1ccc2c(n1)NCCC2)CC[C@H](NC(=O)OCC(C)(C)CC(F)F)C(=O)O. The number of nitrogens with zero attached hydrogens (tertiary/aromatic N) is 2. The molecule has 0 saturated carbocycles. The average Bonchev–Trinajstić information content (AvgIpc) is 2.84. The number of amides is 1. The molecule has 1 aliphatic heterocycles. The summed E-state index contributed by atoms with van der Waals surface area (Å²) in [7, 11) is 1.61. The van der Waals surface area contributed by atoms with Crippen molar-refractivity contribution in [2.24, 2.45) is 5.41 Å². The number of nitrogens with one attached hydrogen (secondary N) is 2. The molecular formula is C26H42F2N4O5. The number of methoxy groups -OCH3 is 1. The molecule has 0 bridgehead atoms. The van der Waals surface area contributed by atoms with E-state index in [-0.39, 0.29) is 13.0 Å². The largest absolute Gasteiger partial charge is 0.480 e. The van der Waals surface area contributed by atoms with Crippen molar-refractivity contribution < 1.29 is 33.0 Å². The van der Waals surface area contributed by atoms with Gasteiger partial charge in [-0.25, -0.2) is 23.4 Å². The summed E-state index contributed by atoms with van der Waals surface area (Å²) in [6, 6.07) is 3.09. The van der Waals surface area contributed by atoms with Gasteiger partial charge in [-0.1, -0.05) is 19.9 Å².